The van der Waals surface area contributed by atoms with Crippen molar-refractivity contribution < 1.29 is 0 Å². The van der Waals surface area contributed by atoms with Crippen LogP contribution in [0.4, 0.5) is 0 Å². The van der Waals surface area contributed by atoms with Crippen LogP contribution in [0.1, 0.15) is 47.0 Å². The summed E-state index contributed by atoms with van der Waals surface area (Å²) in [5, 5.41) is 3.45. The van der Waals surface area contributed by atoms with E-state index in [0.29, 0.717) is 6.04 Å². The second-order valence-electron chi connectivity index (χ2n) is 4.59. The maximum absolute atomic E-state index is 3.45. The first-order valence-electron chi connectivity index (χ1n) is 6.18. The van der Waals surface area contributed by atoms with E-state index in [1.165, 1.54) is 19.3 Å². The van der Waals surface area contributed by atoms with Crippen molar-refractivity contribution in [2.75, 3.05) is 13.1 Å². The highest BCUT2D eigenvalue weighted by molar-refractivity contribution is 4.88. The molecule has 3 unspecified atom stereocenters. The quantitative estimate of drug-likeness (QED) is 0.729. The van der Waals surface area contributed by atoms with Crippen molar-refractivity contribution in [2.45, 2.75) is 65.1 Å². The fourth-order valence-electron chi connectivity index (χ4n) is 2.76. The van der Waals surface area contributed by atoms with Gasteiger partial charge in [0, 0.05) is 24.7 Å². The highest BCUT2D eigenvalue weighted by Crippen LogP contribution is 2.27. The Kier molecular flexibility index (Phi) is 4.90. The molecule has 1 aliphatic heterocycles. The molecule has 0 aromatic rings. The van der Waals surface area contributed by atoms with Gasteiger partial charge in [0.05, 0.1) is 0 Å². The Morgan fingerprint density at radius 2 is 2.07 bits per heavy atom. The average Bonchev–Trinajstić information content (AvgIpc) is 2.56. The third kappa shape index (κ3) is 2.71. The predicted molar refractivity (Wildman–Crippen MR) is 62.6 cm³/mol. The first kappa shape index (κ1) is 12.0. The molecule has 0 saturated carbocycles. The third-order valence-electron chi connectivity index (χ3n) is 3.52. The van der Waals surface area contributed by atoms with Gasteiger partial charge in [-0.2, -0.15) is 0 Å². The van der Waals surface area contributed by atoms with Crippen LogP contribution in [0.25, 0.3) is 0 Å². The molecule has 3 atom stereocenters. The smallest absolute Gasteiger partial charge is 0.0198 e. The molecule has 0 aliphatic carbocycles. The lowest BCUT2D eigenvalue weighted by Gasteiger charge is -2.34. The summed E-state index contributed by atoms with van der Waals surface area (Å²) in [5.41, 5.74) is 0. The van der Waals surface area contributed by atoms with Crippen LogP contribution in [0.2, 0.25) is 0 Å². The zero-order valence-corrected chi connectivity index (χ0v) is 10.2. The van der Waals surface area contributed by atoms with Crippen LogP contribution >= 0.6 is 0 Å². The molecule has 1 heterocycles. The van der Waals surface area contributed by atoms with Gasteiger partial charge in [0.25, 0.3) is 0 Å². The number of hydrogen-bond acceptors (Lipinski definition) is 2. The fourth-order valence-corrected chi connectivity index (χ4v) is 2.76. The molecule has 2 heteroatoms. The molecular weight excluding hydrogens is 172 g/mol. The van der Waals surface area contributed by atoms with Gasteiger partial charge < -0.3 is 5.32 Å². The Morgan fingerprint density at radius 1 is 1.36 bits per heavy atom. The van der Waals surface area contributed by atoms with Gasteiger partial charge in [-0.15, -0.1) is 0 Å². The van der Waals surface area contributed by atoms with Gasteiger partial charge in [0.15, 0.2) is 0 Å². The van der Waals surface area contributed by atoms with E-state index in [2.05, 4.69) is 37.9 Å². The molecule has 0 spiro atoms. The lowest BCUT2D eigenvalue weighted by molar-refractivity contribution is 0.141. The summed E-state index contributed by atoms with van der Waals surface area (Å²) in [6.07, 6.45) is 4.09. The fraction of sp³-hybridized carbons (Fsp3) is 1.00. The van der Waals surface area contributed by atoms with Gasteiger partial charge >= 0.3 is 0 Å². The van der Waals surface area contributed by atoms with Crippen LogP contribution in [-0.4, -0.2) is 36.1 Å². The standard InChI is InChI=1S/C12H26N2/c1-5-12-8-7-10(3)14(12)11(4)9-13-6-2/h10-13H,5-9H2,1-4H3. The number of likely N-dealkylation sites (N-methyl/N-ethyl adjacent to an activating group) is 1. The minimum Gasteiger partial charge on any atom is -0.315 e. The van der Waals surface area contributed by atoms with E-state index in [4.69, 9.17) is 0 Å². The first-order chi connectivity index (χ1) is 6.70. The van der Waals surface area contributed by atoms with Crippen LogP contribution in [-0.2, 0) is 0 Å². The van der Waals surface area contributed by atoms with E-state index in [1.807, 2.05) is 0 Å². The summed E-state index contributed by atoms with van der Waals surface area (Å²) in [6.45, 7) is 11.4. The third-order valence-corrected chi connectivity index (χ3v) is 3.52. The van der Waals surface area contributed by atoms with E-state index < -0.39 is 0 Å². The Labute approximate surface area is 89.1 Å². The van der Waals surface area contributed by atoms with Gasteiger partial charge in [-0.25, -0.2) is 0 Å². The number of rotatable bonds is 5. The lowest BCUT2D eigenvalue weighted by atomic mass is 10.1. The summed E-state index contributed by atoms with van der Waals surface area (Å²) in [5.74, 6) is 0. The molecule has 2 nitrogen and oxygen atoms in total. The summed E-state index contributed by atoms with van der Waals surface area (Å²) >= 11 is 0. The summed E-state index contributed by atoms with van der Waals surface area (Å²) in [7, 11) is 0. The minimum absolute atomic E-state index is 0.692. The van der Waals surface area contributed by atoms with Crippen molar-refractivity contribution in [3.05, 3.63) is 0 Å². The molecule has 0 amide bonds. The van der Waals surface area contributed by atoms with Crippen LogP contribution in [0.5, 0.6) is 0 Å². The first-order valence-corrected chi connectivity index (χ1v) is 6.18. The highest BCUT2D eigenvalue weighted by Gasteiger charge is 2.32. The van der Waals surface area contributed by atoms with Crippen molar-refractivity contribution in [1.82, 2.24) is 10.2 Å². The summed E-state index contributed by atoms with van der Waals surface area (Å²) in [4.78, 5) is 2.71. The highest BCUT2D eigenvalue weighted by atomic mass is 15.2. The van der Waals surface area contributed by atoms with Crippen molar-refractivity contribution in [2.24, 2.45) is 0 Å². The maximum Gasteiger partial charge on any atom is 0.0198 e. The molecule has 1 rings (SSSR count). The van der Waals surface area contributed by atoms with Crippen molar-refractivity contribution in [1.29, 1.82) is 0 Å². The largest absolute Gasteiger partial charge is 0.315 e. The van der Waals surface area contributed by atoms with E-state index in [-0.39, 0.29) is 0 Å². The van der Waals surface area contributed by atoms with Gasteiger partial charge in [0.2, 0.25) is 0 Å². The van der Waals surface area contributed by atoms with E-state index in [0.717, 1.165) is 25.2 Å². The van der Waals surface area contributed by atoms with Gasteiger partial charge in [-0.1, -0.05) is 13.8 Å². The van der Waals surface area contributed by atoms with Crippen LogP contribution < -0.4 is 5.32 Å². The Bertz CT molecular complexity index is 158. The Morgan fingerprint density at radius 3 is 2.64 bits per heavy atom. The normalized spacial score (nSPS) is 30.9. The summed E-state index contributed by atoms with van der Waals surface area (Å²) in [6, 6.07) is 2.31. The molecular formula is C12H26N2. The molecule has 0 bridgehead atoms. The topological polar surface area (TPSA) is 15.3 Å². The predicted octanol–water partition coefficient (Wildman–Crippen LogP) is 2.25. The number of nitrogens with zero attached hydrogens (tertiary/aromatic N) is 1. The van der Waals surface area contributed by atoms with Crippen LogP contribution in [0, 0.1) is 0 Å². The molecule has 1 fully saturated rings. The Balaban J connectivity index is 2.45. The van der Waals surface area contributed by atoms with Crippen molar-refractivity contribution in [3.63, 3.8) is 0 Å². The van der Waals surface area contributed by atoms with E-state index in [1.54, 1.807) is 0 Å². The number of likely N-dealkylation sites (tertiary alicyclic amines) is 1. The van der Waals surface area contributed by atoms with Crippen molar-refractivity contribution >= 4 is 0 Å². The minimum atomic E-state index is 0.692. The second-order valence-corrected chi connectivity index (χ2v) is 4.59. The second kappa shape index (κ2) is 5.72. The van der Waals surface area contributed by atoms with Crippen molar-refractivity contribution in [3.8, 4) is 0 Å². The molecule has 84 valence electrons. The van der Waals surface area contributed by atoms with E-state index in [9.17, 15) is 0 Å². The molecule has 0 aromatic carbocycles. The van der Waals surface area contributed by atoms with Crippen LogP contribution in [0.15, 0.2) is 0 Å². The number of hydrogen-bond donors (Lipinski definition) is 1. The lowest BCUT2D eigenvalue weighted by Crippen LogP contribution is -2.46. The van der Waals surface area contributed by atoms with Gasteiger partial charge in [0.1, 0.15) is 0 Å². The Hall–Kier alpha value is -0.0800. The number of nitrogens with one attached hydrogen (secondary N) is 1. The van der Waals surface area contributed by atoms with Gasteiger partial charge in [-0.05, 0) is 39.7 Å². The van der Waals surface area contributed by atoms with Gasteiger partial charge in [-0.3, -0.25) is 4.90 Å². The zero-order valence-electron chi connectivity index (χ0n) is 10.2. The molecule has 14 heavy (non-hydrogen) atoms. The molecule has 1 N–H and O–H groups in total. The molecule has 1 aliphatic rings. The SMILES string of the molecule is CCNCC(C)N1C(C)CCC1CC. The summed E-state index contributed by atoms with van der Waals surface area (Å²) < 4.78 is 0. The van der Waals surface area contributed by atoms with Crippen LogP contribution in [0.3, 0.4) is 0 Å². The van der Waals surface area contributed by atoms with E-state index >= 15 is 0 Å². The monoisotopic (exact) mass is 198 g/mol. The molecule has 0 aromatic heterocycles. The average molecular weight is 198 g/mol. The molecule has 0 radical (unpaired) electrons. The molecule has 1 saturated heterocycles. The zero-order chi connectivity index (χ0) is 10.6. The maximum atomic E-state index is 3.45.